The van der Waals surface area contributed by atoms with Crippen molar-refractivity contribution >= 4 is 27.2 Å². The Balaban J connectivity index is 1.17. The molecule has 0 aromatic heterocycles. The molecular formula is C51H42N2. The maximum absolute atomic E-state index is 6.93. The van der Waals surface area contributed by atoms with Gasteiger partial charge in [0.15, 0.2) is 0 Å². The fourth-order valence-electron chi connectivity index (χ4n) is 8.37. The molecule has 256 valence electrons. The molecule has 8 aromatic carbocycles. The number of hydrogen-bond acceptors (Lipinski definition) is 2. The minimum absolute atomic E-state index is 0.124. The average molecular weight is 683 g/mol. The summed E-state index contributed by atoms with van der Waals surface area (Å²) in [6.45, 7) is 4.72. The lowest BCUT2D eigenvalue weighted by Gasteiger charge is -2.23. The molecule has 1 atom stereocenters. The van der Waals surface area contributed by atoms with Crippen molar-refractivity contribution in [1.29, 1.82) is 0 Å². The van der Waals surface area contributed by atoms with Gasteiger partial charge in [0.2, 0.25) is 0 Å². The largest absolute Gasteiger partial charge is 0.366 e. The number of allylic oxidation sites excluding steroid dienone is 1. The second-order valence-electron chi connectivity index (χ2n) is 14.7. The van der Waals surface area contributed by atoms with E-state index in [1.807, 2.05) is 18.2 Å². The predicted octanol–water partition coefficient (Wildman–Crippen LogP) is 12.5. The highest BCUT2D eigenvalue weighted by Crippen LogP contribution is 2.53. The third-order valence-corrected chi connectivity index (χ3v) is 11.1. The van der Waals surface area contributed by atoms with Gasteiger partial charge in [-0.2, -0.15) is 0 Å². The molecule has 2 nitrogen and oxygen atoms in total. The predicted molar refractivity (Wildman–Crippen MR) is 225 cm³/mol. The van der Waals surface area contributed by atoms with E-state index in [0.717, 1.165) is 23.2 Å². The minimum atomic E-state index is -0.384. The highest BCUT2D eigenvalue weighted by Gasteiger charge is 2.37. The summed E-state index contributed by atoms with van der Waals surface area (Å²) in [5, 5.41) is 8.83. The molecule has 0 heterocycles. The van der Waals surface area contributed by atoms with Gasteiger partial charge in [0.1, 0.15) is 6.17 Å². The molecule has 9 rings (SSSR count). The summed E-state index contributed by atoms with van der Waals surface area (Å²) in [6, 6.07) is 63.5. The molecule has 53 heavy (non-hydrogen) atoms. The Bertz CT molecular complexity index is 2660. The molecule has 8 aromatic rings. The van der Waals surface area contributed by atoms with E-state index in [4.69, 9.17) is 5.73 Å². The molecule has 1 aliphatic carbocycles. The van der Waals surface area contributed by atoms with Gasteiger partial charge in [-0.15, -0.1) is 0 Å². The van der Waals surface area contributed by atoms with Crippen molar-refractivity contribution in [2.75, 3.05) is 0 Å². The van der Waals surface area contributed by atoms with Gasteiger partial charge in [0, 0.05) is 16.7 Å². The first-order valence-electron chi connectivity index (χ1n) is 18.6. The van der Waals surface area contributed by atoms with Crippen molar-refractivity contribution in [3.8, 4) is 33.4 Å². The van der Waals surface area contributed by atoms with Crippen LogP contribution < -0.4 is 11.1 Å². The Kier molecular flexibility index (Phi) is 8.26. The molecule has 3 N–H and O–H groups in total. The maximum atomic E-state index is 6.93. The average Bonchev–Trinajstić information content (AvgIpc) is 3.43. The molecule has 0 bridgehead atoms. The van der Waals surface area contributed by atoms with E-state index in [2.05, 4.69) is 183 Å². The normalized spacial score (nSPS) is 13.8. The van der Waals surface area contributed by atoms with Crippen molar-refractivity contribution in [2.45, 2.75) is 31.8 Å². The first kappa shape index (κ1) is 32.7. The van der Waals surface area contributed by atoms with Crippen LogP contribution in [0, 0.1) is 0 Å². The van der Waals surface area contributed by atoms with Crippen LogP contribution in [0.5, 0.6) is 0 Å². The number of benzene rings is 8. The van der Waals surface area contributed by atoms with E-state index in [1.165, 1.54) is 71.6 Å². The summed E-state index contributed by atoms with van der Waals surface area (Å²) in [5.41, 5.74) is 21.5. The van der Waals surface area contributed by atoms with Crippen LogP contribution in [0.3, 0.4) is 0 Å². The Hall–Kier alpha value is -6.22. The van der Waals surface area contributed by atoms with Gasteiger partial charge in [-0.3, -0.25) is 0 Å². The summed E-state index contributed by atoms with van der Waals surface area (Å²) in [6.07, 6.45) is 2.68. The molecule has 0 saturated carbocycles. The standard InChI is InChI=1S/C51H42N2/c1-51(2)46-28-14-27-44(49(46)45-32-37-19-6-7-20-38(37)33-47(45)51)42-24-10-11-25-43(42)48(53-50(52)36-17-4-3-5-18-36)30-29-34-15-12-22-39(31-34)41-26-13-21-35-16-8-9-23-40(35)41/h3-28,30-33,50,53H,29,52H2,1-2H3/b48-30-. The van der Waals surface area contributed by atoms with E-state index >= 15 is 0 Å². The van der Waals surface area contributed by atoms with Gasteiger partial charge in [0.25, 0.3) is 0 Å². The van der Waals surface area contributed by atoms with Crippen LogP contribution in [0.15, 0.2) is 182 Å². The quantitative estimate of drug-likeness (QED) is 0.157. The molecule has 0 spiro atoms. The third kappa shape index (κ3) is 5.92. The van der Waals surface area contributed by atoms with Crippen LogP contribution >= 0.6 is 0 Å². The SMILES string of the molecule is CC1(C)c2cc3ccccc3cc2-c2c(-c3ccccc3/C(=C/Cc3cccc(-c4cccc5ccccc45)c3)NC(N)c3ccccc3)cccc21. The van der Waals surface area contributed by atoms with Crippen molar-refractivity contribution in [3.05, 3.63) is 210 Å². The highest BCUT2D eigenvalue weighted by molar-refractivity contribution is 6.00. The Morgan fingerprint density at radius 1 is 0.566 bits per heavy atom. The summed E-state index contributed by atoms with van der Waals surface area (Å²) >= 11 is 0. The van der Waals surface area contributed by atoms with Crippen LogP contribution in [0.1, 0.15) is 47.8 Å². The lowest BCUT2D eigenvalue weighted by atomic mass is 9.81. The molecule has 0 amide bonds. The van der Waals surface area contributed by atoms with E-state index in [1.54, 1.807) is 0 Å². The zero-order valence-electron chi connectivity index (χ0n) is 30.2. The van der Waals surface area contributed by atoms with E-state index in [9.17, 15) is 0 Å². The van der Waals surface area contributed by atoms with Crippen LogP contribution in [0.4, 0.5) is 0 Å². The second-order valence-corrected chi connectivity index (χ2v) is 14.7. The number of nitrogens with one attached hydrogen (secondary N) is 1. The third-order valence-electron chi connectivity index (χ3n) is 11.1. The van der Waals surface area contributed by atoms with Crippen molar-refractivity contribution in [1.82, 2.24) is 5.32 Å². The molecule has 0 radical (unpaired) electrons. The fraction of sp³-hybridized carbons (Fsp3) is 0.0980. The number of rotatable bonds is 8. The fourth-order valence-corrected chi connectivity index (χ4v) is 8.37. The molecule has 0 saturated heterocycles. The summed E-state index contributed by atoms with van der Waals surface area (Å²) < 4.78 is 0. The summed E-state index contributed by atoms with van der Waals surface area (Å²) in [7, 11) is 0. The molecule has 0 aliphatic heterocycles. The molecule has 0 fully saturated rings. The second kappa shape index (κ2) is 13.4. The van der Waals surface area contributed by atoms with E-state index in [-0.39, 0.29) is 11.6 Å². The van der Waals surface area contributed by atoms with Crippen LogP contribution in [0.25, 0.3) is 60.6 Å². The van der Waals surface area contributed by atoms with Gasteiger partial charge < -0.3 is 11.1 Å². The molecule has 1 unspecified atom stereocenters. The topological polar surface area (TPSA) is 38.0 Å². The lowest BCUT2D eigenvalue weighted by Crippen LogP contribution is -2.27. The Morgan fingerprint density at radius 2 is 1.21 bits per heavy atom. The number of fused-ring (bicyclic) bond motifs is 5. The summed E-state index contributed by atoms with van der Waals surface area (Å²) in [5.74, 6) is 0. The molecular weight excluding hydrogens is 641 g/mol. The first-order chi connectivity index (χ1) is 26.0. The van der Waals surface area contributed by atoms with E-state index in [0.29, 0.717) is 0 Å². The van der Waals surface area contributed by atoms with Crippen molar-refractivity contribution < 1.29 is 0 Å². The van der Waals surface area contributed by atoms with Gasteiger partial charge in [-0.1, -0.05) is 184 Å². The van der Waals surface area contributed by atoms with E-state index < -0.39 is 0 Å². The first-order valence-corrected chi connectivity index (χ1v) is 18.6. The van der Waals surface area contributed by atoms with Crippen molar-refractivity contribution in [2.24, 2.45) is 5.73 Å². The van der Waals surface area contributed by atoms with Crippen LogP contribution in [-0.2, 0) is 11.8 Å². The van der Waals surface area contributed by atoms with Crippen LogP contribution in [-0.4, -0.2) is 0 Å². The number of hydrogen-bond donors (Lipinski definition) is 2. The Labute approximate surface area is 312 Å². The minimum Gasteiger partial charge on any atom is -0.366 e. The van der Waals surface area contributed by atoms with Gasteiger partial charge in [-0.05, 0) is 95.7 Å². The Morgan fingerprint density at radius 3 is 2.06 bits per heavy atom. The summed E-state index contributed by atoms with van der Waals surface area (Å²) in [4.78, 5) is 0. The zero-order valence-corrected chi connectivity index (χ0v) is 30.2. The van der Waals surface area contributed by atoms with Gasteiger partial charge >= 0.3 is 0 Å². The molecule has 2 heteroatoms. The van der Waals surface area contributed by atoms with Crippen molar-refractivity contribution in [3.63, 3.8) is 0 Å². The number of nitrogens with two attached hydrogens (primary N) is 1. The highest BCUT2D eigenvalue weighted by atomic mass is 15.0. The smallest absolute Gasteiger partial charge is 0.101 e. The molecule has 1 aliphatic rings. The monoisotopic (exact) mass is 682 g/mol. The lowest BCUT2D eigenvalue weighted by molar-refractivity contribution is 0.661. The zero-order chi connectivity index (χ0) is 35.9. The van der Waals surface area contributed by atoms with Gasteiger partial charge in [-0.25, -0.2) is 0 Å². The maximum Gasteiger partial charge on any atom is 0.101 e. The van der Waals surface area contributed by atoms with Crippen LogP contribution in [0.2, 0.25) is 0 Å². The van der Waals surface area contributed by atoms with Gasteiger partial charge in [0.05, 0.1) is 0 Å².